The molecule has 6 heteroatoms. The zero-order chi connectivity index (χ0) is 15.6. The highest BCUT2D eigenvalue weighted by atomic mass is 127. The fraction of sp³-hybridized carbons (Fsp3) is 0.647. The zero-order valence-electron chi connectivity index (χ0n) is 14.3. The van der Waals surface area contributed by atoms with Crippen LogP contribution in [-0.2, 0) is 6.54 Å². The molecule has 0 saturated carbocycles. The number of aromatic nitrogens is 2. The highest BCUT2D eigenvalue weighted by Crippen LogP contribution is 2.19. The number of aliphatic imine (C=N–C) groups is 1. The van der Waals surface area contributed by atoms with Crippen LogP contribution in [0.15, 0.2) is 35.1 Å². The molecule has 0 aliphatic heterocycles. The van der Waals surface area contributed by atoms with E-state index in [2.05, 4.69) is 33.7 Å². The molecule has 0 fully saturated rings. The molecule has 1 aliphatic carbocycles. The van der Waals surface area contributed by atoms with Crippen molar-refractivity contribution >= 4 is 29.9 Å². The van der Waals surface area contributed by atoms with Crippen molar-refractivity contribution in [1.82, 2.24) is 20.4 Å². The van der Waals surface area contributed by atoms with Crippen LogP contribution >= 0.6 is 24.0 Å². The zero-order valence-corrected chi connectivity index (χ0v) is 16.6. The Bertz CT molecular complexity index is 481. The number of rotatable bonds is 7. The Morgan fingerprint density at radius 1 is 1.39 bits per heavy atom. The van der Waals surface area contributed by atoms with Crippen molar-refractivity contribution in [3.8, 4) is 0 Å². The second kappa shape index (κ2) is 11.5. The number of guanidine groups is 1. The topological polar surface area (TPSA) is 54.2 Å². The smallest absolute Gasteiger partial charge is 0.190 e. The van der Waals surface area contributed by atoms with Gasteiger partial charge in [0.15, 0.2) is 5.96 Å². The second-order valence-corrected chi connectivity index (χ2v) is 6.07. The second-order valence-electron chi connectivity index (χ2n) is 6.07. The molecule has 5 nitrogen and oxygen atoms in total. The third kappa shape index (κ3) is 7.85. The standard InChI is InChI=1S/C17H29N5.HI/c1-15(14-22-12-6-10-21-22)13-20-17(18-2)19-11-9-16-7-4-3-5-8-16;/h6-7,10,12,15H,3-5,8-9,11,13-14H2,1-2H3,(H2,18,19,20);1H. The predicted octanol–water partition coefficient (Wildman–Crippen LogP) is 3.19. The van der Waals surface area contributed by atoms with Crippen LogP contribution in [0.1, 0.15) is 39.0 Å². The molecule has 0 saturated heterocycles. The summed E-state index contributed by atoms with van der Waals surface area (Å²) in [5, 5.41) is 11.0. The molecule has 0 radical (unpaired) electrons. The van der Waals surface area contributed by atoms with Gasteiger partial charge in [-0.25, -0.2) is 0 Å². The molecule has 130 valence electrons. The highest BCUT2D eigenvalue weighted by molar-refractivity contribution is 14.0. The fourth-order valence-electron chi connectivity index (χ4n) is 2.76. The van der Waals surface area contributed by atoms with Crippen LogP contribution < -0.4 is 10.6 Å². The Morgan fingerprint density at radius 3 is 2.91 bits per heavy atom. The van der Waals surface area contributed by atoms with Gasteiger partial charge >= 0.3 is 0 Å². The molecule has 1 aromatic heterocycles. The first-order chi connectivity index (χ1) is 10.8. The number of nitrogens with one attached hydrogen (secondary N) is 2. The van der Waals surface area contributed by atoms with Crippen LogP contribution in [0.5, 0.6) is 0 Å². The van der Waals surface area contributed by atoms with Crippen molar-refractivity contribution in [3.05, 3.63) is 30.1 Å². The minimum atomic E-state index is 0. The number of hydrogen-bond donors (Lipinski definition) is 2. The SMILES string of the molecule is CN=C(NCCC1=CCCCC1)NCC(C)Cn1cccn1.I. The van der Waals surface area contributed by atoms with E-state index in [0.29, 0.717) is 5.92 Å². The van der Waals surface area contributed by atoms with Gasteiger partial charge in [0.2, 0.25) is 0 Å². The first-order valence-corrected chi connectivity index (χ1v) is 8.38. The van der Waals surface area contributed by atoms with E-state index in [1.807, 2.05) is 30.2 Å². The predicted molar refractivity (Wildman–Crippen MR) is 107 cm³/mol. The van der Waals surface area contributed by atoms with Crippen LogP contribution in [0.3, 0.4) is 0 Å². The van der Waals surface area contributed by atoms with E-state index in [0.717, 1.165) is 32.0 Å². The van der Waals surface area contributed by atoms with E-state index in [-0.39, 0.29) is 24.0 Å². The molecular formula is C17H30IN5. The van der Waals surface area contributed by atoms with Crippen LogP contribution in [-0.4, -0.2) is 35.9 Å². The van der Waals surface area contributed by atoms with Crippen molar-refractivity contribution in [2.45, 2.75) is 45.6 Å². The van der Waals surface area contributed by atoms with Crippen molar-refractivity contribution < 1.29 is 0 Å². The highest BCUT2D eigenvalue weighted by Gasteiger charge is 2.06. The quantitative estimate of drug-likeness (QED) is 0.302. The molecule has 0 bridgehead atoms. The summed E-state index contributed by atoms with van der Waals surface area (Å²) in [6.07, 6.45) is 12.6. The number of halogens is 1. The Labute approximate surface area is 157 Å². The third-order valence-corrected chi connectivity index (χ3v) is 4.02. The lowest BCUT2D eigenvalue weighted by molar-refractivity contribution is 0.443. The summed E-state index contributed by atoms with van der Waals surface area (Å²) in [5.41, 5.74) is 1.60. The van der Waals surface area contributed by atoms with Gasteiger partial charge in [-0.05, 0) is 44.1 Å². The molecule has 0 aromatic carbocycles. The van der Waals surface area contributed by atoms with E-state index >= 15 is 0 Å². The Balaban J connectivity index is 0.00000264. The average molecular weight is 431 g/mol. The van der Waals surface area contributed by atoms with Crippen LogP contribution in [0.25, 0.3) is 0 Å². The summed E-state index contributed by atoms with van der Waals surface area (Å²) in [6, 6.07) is 1.96. The van der Waals surface area contributed by atoms with E-state index < -0.39 is 0 Å². The van der Waals surface area contributed by atoms with Crippen molar-refractivity contribution in [3.63, 3.8) is 0 Å². The lowest BCUT2D eigenvalue weighted by Gasteiger charge is -2.17. The molecule has 1 aromatic rings. The van der Waals surface area contributed by atoms with E-state index in [1.165, 1.54) is 25.7 Å². The van der Waals surface area contributed by atoms with Crippen molar-refractivity contribution in [2.75, 3.05) is 20.1 Å². The molecule has 1 aliphatic rings. The molecule has 1 heterocycles. The average Bonchev–Trinajstić information content (AvgIpc) is 3.04. The molecule has 0 amide bonds. The molecule has 2 rings (SSSR count). The Hall–Kier alpha value is -1.05. The molecular weight excluding hydrogens is 401 g/mol. The normalized spacial score (nSPS) is 16.3. The monoisotopic (exact) mass is 431 g/mol. The van der Waals surface area contributed by atoms with Gasteiger partial charge < -0.3 is 10.6 Å². The van der Waals surface area contributed by atoms with E-state index in [1.54, 1.807) is 5.57 Å². The van der Waals surface area contributed by atoms with Crippen LogP contribution in [0.2, 0.25) is 0 Å². The summed E-state index contributed by atoms with van der Waals surface area (Å²) >= 11 is 0. The van der Waals surface area contributed by atoms with Gasteiger partial charge in [-0.1, -0.05) is 18.6 Å². The fourth-order valence-corrected chi connectivity index (χ4v) is 2.76. The third-order valence-electron chi connectivity index (χ3n) is 4.02. The minimum Gasteiger partial charge on any atom is -0.356 e. The van der Waals surface area contributed by atoms with Gasteiger partial charge in [0.05, 0.1) is 0 Å². The van der Waals surface area contributed by atoms with E-state index in [9.17, 15) is 0 Å². The largest absolute Gasteiger partial charge is 0.356 e. The van der Waals surface area contributed by atoms with Crippen LogP contribution in [0, 0.1) is 5.92 Å². The number of nitrogens with zero attached hydrogens (tertiary/aromatic N) is 3. The molecule has 0 spiro atoms. The first kappa shape index (κ1) is 20.0. The van der Waals surface area contributed by atoms with Gasteiger partial charge in [-0.15, -0.1) is 24.0 Å². The molecule has 1 unspecified atom stereocenters. The maximum atomic E-state index is 4.29. The van der Waals surface area contributed by atoms with Gasteiger partial charge in [0.25, 0.3) is 0 Å². The maximum Gasteiger partial charge on any atom is 0.190 e. The van der Waals surface area contributed by atoms with Crippen LogP contribution in [0.4, 0.5) is 0 Å². The van der Waals surface area contributed by atoms with Crippen molar-refractivity contribution in [2.24, 2.45) is 10.9 Å². The minimum absolute atomic E-state index is 0. The molecule has 2 N–H and O–H groups in total. The summed E-state index contributed by atoms with van der Waals surface area (Å²) in [7, 11) is 1.83. The Morgan fingerprint density at radius 2 is 2.26 bits per heavy atom. The van der Waals surface area contributed by atoms with Crippen molar-refractivity contribution in [1.29, 1.82) is 0 Å². The Kier molecular flexibility index (Phi) is 9.98. The molecule has 1 atom stereocenters. The molecule has 23 heavy (non-hydrogen) atoms. The summed E-state index contributed by atoms with van der Waals surface area (Å²) in [4.78, 5) is 4.29. The van der Waals surface area contributed by atoms with Gasteiger partial charge in [0.1, 0.15) is 0 Å². The summed E-state index contributed by atoms with van der Waals surface area (Å²) in [5.74, 6) is 1.39. The number of hydrogen-bond acceptors (Lipinski definition) is 2. The first-order valence-electron chi connectivity index (χ1n) is 8.38. The lowest BCUT2D eigenvalue weighted by atomic mass is 9.97. The number of allylic oxidation sites excluding steroid dienone is 1. The lowest BCUT2D eigenvalue weighted by Crippen LogP contribution is -2.40. The van der Waals surface area contributed by atoms with E-state index in [4.69, 9.17) is 0 Å². The van der Waals surface area contributed by atoms with Gasteiger partial charge in [-0.2, -0.15) is 5.10 Å². The van der Waals surface area contributed by atoms with Gasteiger partial charge in [0, 0.05) is 39.1 Å². The summed E-state index contributed by atoms with van der Waals surface area (Å²) in [6.45, 7) is 4.99. The maximum absolute atomic E-state index is 4.29. The van der Waals surface area contributed by atoms with Gasteiger partial charge in [-0.3, -0.25) is 9.67 Å². The summed E-state index contributed by atoms with van der Waals surface area (Å²) < 4.78 is 1.97.